The molecule has 0 saturated carbocycles. The Labute approximate surface area is 84.2 Å². The van der Waals surface area contributed by atoms with Crippen LogP contribution in [0.25, 0.3) is 10.6 Å². The summed E-state index contributed by atoms with van der Waals surface area (Å²) in [4.78, 5) is 0. The molecule has 0 N–H and O–H groups in total. The molecule has 0 amide bonds. The van der Waals surface area contributed by atoms with Crippen LogP contribution in [0.5, 0.6) is 5.75 Å². The fraction of sp³-hybridized carbons (Fsp3) is 0.111. The van der Waals surface area contributed by atoms with Crippen LogP contribution in [0.2, 0.25) is 0 Å². The predicted octanol–water partition coefficient (Wildman–Crippen LogP) is 2.35. The molecule has 0 atom stereocenters. The predicted molar refractivity (Wildman–Crippen MR) is 51.9 cm³/mol. The number of aromatic nitrogens is 2. The van der Waals surface area contributed by atoms with Gasteiger partial charge in [-0.1, -0.05) is 17.4 Å². The van der Waals surface area contributed by atoms with Gasteiger partial charge in [-0.3, -0.25) is 0 Å². The summed E-state index contributed by atoms with van der Waals surface area (Å²) in [5.74, 6) is 0.128. The van der Waals surface area contributed by atoms with Crippen LogP contribution in [0, 0.1) is 5.82 Å². The third kappa shape index (κ3) is 1.46. The molecule has 0 fully saturated rings. The molecule has 0 unspecified atom stereocenters. The summed E-state index contributed by atoms with van der Waals surface area (Å²) in [7, 11) is 1.50. The van der Waals surface area contributed by atoms with Crippen molar-refractivity contribution in [2.24, 2.45) is 0 Å². The van der Waals surface area contributed by atoms with Crippen molar-refractivity contribution in [1.29, 1.82) is 0 Å². The van der Waals surface area contributed by atoms with E-state index in [4.69, 9.17) is 4.74 Å². The van der Waals surface area contributed by atoms with E-state index in [1.807, 2.05) is 0 Å². The normalized spacial score (nSPS) is 10.1. The lowest BCUT2D eigenvalue weighted by atomic mass is 10.2. The molecule has 0 spiro atoms. The second-order valence-corrected chi connectivity index (χ2v) is 3.39. The highest BCUT2D eigenvalue weighted by Crippen LogP contribution is 2.32. The van der Waals surface area contributed by atoms with Crippen LogP contribution in [0.1, 0.15) is 0 Å². The number of benzene rings is 1. The van der Waals surface area contributed by atoms with E-state index in [0.717, 1.165) is 0 Å². The molecule has 5 heteroatoms. The van der Waals surface area contributed by atoms with E-state index >= 15 is 0 Å². The maximum absolute atomic E-state index is 13.5. The number of rotatable bonds is 2. The Hall–Kier alpha value is -1.49. The van der Waals surface area contributed by atoms with Gasteiger partial charge in [-0.2, -0.15) is 0 Å². The average Bonchev–Trinajstić information content (AvgIpc) is 2.70. The summed E-state index contributed by atoms with van der Waals surface area (Å²) in [5.41, 5.74) is 1.93. The van der Waals surface area contributed by atoms with Crippen LogP contribution >= 0.6 is 11.3 Å². The average molecular weight is 210 g/mol. The summed E-state index contributed by atoms with van der Waals surface area (Å²) in [5, 5.41) is 7.99. The molecule has 0 aliphatic rings. The monoisotopic (exact) mass is 210 g/mol. The van der Waals surface area contributed by atoms with E-state index in [9.17, 15) is 4.39 Å². The largest absolute Gasteiger partial charge is 0.496 e. The van der Waals surface area contributed by atoms with Crippen molar-refractivity contribution in [3.63, 3.8) is 0 Å². The highest BCUT2D eigenvalue weighted by molar-refractivity contribution is 7.12. The van der Waals surface area contributed by atoms with Crippen LogP contribution in [-0.2, 0) is 0 Å². The van der Waals surface area contributed by atoms with E-state index in [1.165, 1.54) is 24.5 Å². The number of nitrogens with zero attached hydrogens (tertiary/aromatic N) is 2. The summed E-state index contributed by atoms with van der Waals surface area (Å²) in [6.45, 7) is 0. The minimum absolute atomic E-state index is 0.346. The molecular weight excluding hydrogens is 203 g/mol. The third-order valence-corrected chi connectivity index (χ3v) is 2.48. The Morgan fingerprint density at radius 2 is 2.29 bits per heavy atom. The Bertz CT molecular complexity index is 430. The van der Waals surface area contributed by atoms with E-state index in [1.54, 1.807) is 17.6 Å². The Balaban J connectivity index is 2.61. The fourth-order valence-corrected chi connectivity index (χ4v) is 1.77. The zero-order chi connectivity index (χ0) is 9.97. The molecule has 0 aliphatic carbocycles. The molecule has 2 rings (SSSR count). The van der Waals surface area contributed by atoms with Crippen LogP contribution in [0.3, 0.4) is 0 Å². The van der Waals surface area contributed by atoms with E-state index in [0.29, 0.717) is 16.3 Å². The first kappa shape index (κ1) is 9.08. The van der Waals surface area contributed by atoms with Gasteiger partial charge in [0.25, 0.3) is 0 Å². The Morgan fingerprint density at radius 1 is 1.43 bits per heavy atom. The molecule has 3 nitrogen and oxygen atoms in total. The highest BCUT2D eigenvalue weighted by Gasteiger charge is 2.13. The number of methoxy groups -OCH3 is 1. The number of hydrogen-bond acceptors (Lipinski definition) is 4. The molecular formula is C9H7FN2OS. The van der Waals surface area contributed by atoms with Crippen LogP contribution in [0.15, 0.2) is 23.7 Å². The second-order valence-electron chi connectivity index (χ2n) is 2.56. The first-order valence-electron chi connectivity index (χ1n) is 3.92. The summed E-state index contributed by atoms with van der Waals surface area (Å²) in [6, 6.07) is 4.66. The van der Waals surface area contributed by atoms with Gasteiger partial charge in [0.05, 0.1) is 12.7 Å². The van der Waals surface area contributed by atoms with Gasteiger partial charge >= 0.3 is 0 Å². The van der Waals surface area contributed by atoms with Crippen molar-refractivity contribution in [1.82, 2.24) is 10.2 Å². The third-order valence-electron chi connectivity index (χ3n) is 1.77. The molecule has 0 bridgehead atoms. The van der Waals surface area contributed by atoms with E-state index in [2.05, 4.69) is 10.2 Å². The number of ether oxygens (including phenoxy) is 1. The first-order chi connectivity index (χ1) is 6.83. The van der Waals surface area contributed by atoms with Crippen LogP contribution < -0.4 is 4.74 Å². The molecule has 2 aromatic rings. The molecule has 1 aromatic carbocycles. The number of halogens is 1. The minimum atomic E-state index is -0.346. The zero-order valence-electron chi connectivity index (χ0n) is 7.40. The van der Waals surface area contributed by atoms with E-state index in [-0.39, 0.29) is 5.82 Å². The maximum atomic E-state index is 13.5. The van der Waals surface area contributed by atoms with Crippen molar-refractivity contribution in [2.45, 2.75) is 0 Å². The Kier molecular flexibility index (Phi) is 2.41. The molecule has 72 valence electrons. The lowest BCUT2D eigenvalue weighted by Crippen LogP contribution is -1.90. The van der Waals surface area contributed by atoms with E-state index < -0.39 is 0 Å². The van der Waals surface area contributed by atoms with Gasteiger partial charge in [-0.05, 0) is 12.1 Å². The zero-order valence-corrected chi connectivity index (χ0v) is 8.21. The summed E-state index contributed by atoms with van der Waals surface area (Å²) >= 11 is 1.28. The van der Waals surface area contributed by atoms with Crippen molar-refractivity contribution in [2.75, 3.05) is 7.11 Å². The quantitative estimate of drug-likeness (QED) is 0.763. The molecule has 0 aliphatic heterocycles. The fourth-order valence-electron chi connectivity index (χ4n) is 1.16. The molecule has 0 radical (unpaired) electrons. The standard InChI is InChI=1S/C9H7FN2OS/c1-13-7-4-2-3-6(10)8(7)9-12-11-5-14-9/h2-5H,1H3. The van der Waals surface area contributed by atoms with Crippen molar-refractivity contribution < 1.29 is 9.13 Å². The molecule has 1 heterocycles. The lowest BCUT2D eigenvalue weighted by Gasteiger charge is -2.05. The van der Waals surface area contributed by atoms with Gasteiger partial charge in [0.15, 0.2) is 5.01 Å². The highest BCUT2D eigenvalue weighted by atomic mass is 32.1. The van der Waals surface area contributed by atoms with Crippen molar-refractivity contribution in [3.8, 4) is 16.3 Å². The second kappa shape index (κ2) is 3.71. The van der Waals surface area contributed by atoms with Gasteiger partial charge in [0.1, 0.15) is 17.1 Å². The summed E-state index contributed by atoms with van der Waals surface area (Å²) in [6.07, 6.45) is 0. The van der Waals surface area contributed by atoms with Crippen LogP contribution in [-0.4, -0.2) is 17.3 Å². The van der Waals surface area contributed by atoms with Gasteiger partial charge < -0.3 is 4.74 Å². The topological polar surface area (TPSA) is 35.0 Å². The Morgan fingerprint density at radius 3 is 2.93 bits per heavy atom. The molecule has 14 heavy (non-hydrogen) atoms. The molecule has 0 saturated heterocycles. The number of hydrogen-bond donors (Lipinski definition) is 0. The van der Waals surface area contributed by atoms with Crippen molar-refractivity contribution >= 4 is 11.3 Å². The molecule has 1 aromatic heterocycles. The van der Waals surface area contributed by atoms with Gasteiger partial charge in [0, 0.05) is 0 Å². The summed E-state index contributed by atoms with van der Waals surface area (Å²) < 4.78 is 18.5. The van der Waals surface area contributed by atoms with Crippen LogP contribution in [0.4, 0.5) is 4.39 Å². The van der Waals surface area contributed by atoms with Gasteiger partial charge in [-0.15, -0.1) is 10.2 Å². The smallest absolute Gasteiger partial charge is 0.154 e. The van der Waals surface area contributed by atoms with Gasteiger partial charge in [-0.25, -0.2) is 4.39 Å². The first-order valence-corrected chi connectivity index (χ1v) is 4.80. The lowest BCUT2D eigenvalue weighted by molar-refractivity contribution is 0.413. The van der Waals surface area contributed by atoms with Crippen molar-refractivity contribution in [3.05, 3.63) is 29.5 Å². The minimum Gasteiger partial charge on any atom is -0.496 e. The maximum Gasteiger partial charge on any atom is 0.154 e. The SMILES string of the molecule is COc1cccc(F)c1-c1nncs1. The van der Waals surface area contributed by atoms with Gasteiger partial charge in [0.2, 0.25) is 0 Å².